The van der Waals surface area contributed by atoms with Gasteiger partial charge in [0, 0.05) is 0 Å². The summed E-state index contributed by atoms with van der Waals surface area (Å²) in [7, 11) is 0. The van der Waals surface area contributed by atoms with Crippen molar-refractivity contribution in [1.82, 2.24) is 0 Å². The van der Waals surface area contributed by atoms with Gasteiger partial charge in [0.1, 0.15) is 0 Å². The van der Waals surface area contributed by atoms with Crippen molar-refractivity contribution in [2.45, 2.75) is 58.5 Å². The van der Waals surface area contributed by atoms with Crippen molar-refractivity contribution in [2.24, 2.45) is 0 Å². The lowest BCUT2D eigenvalue weighted by Gasteiger charge is -2.28. The molecule has 0 saturated carbocycles. The maximum Gasteiger partial charge on any atom is 0.0721 e. The zero-order valence-electron chi connectivity index (χ0n) is 9.90. The van der Waals surface area contributed by atoms with E-state index in [0.717, 1.165) is 30.4 Å². The molecule has 0 spiro atoms. The summed E-state index contributed by atoms with van der Waals surface area (Å²) in [5, 5.41) is 10.4. The van der Waals surface area contributed by atoms with Crippen LogP contribution in [0.3, 0.4) is 0 Å². The lowest BCUT2D eigenvalue weighted by Crippen LogP contribution is -2.29. The van der Waals surface area contributed by atoms with Crippen molar-refractivity contribution < 1.29 is 5.11 Å². The molecule has 1 N–H and O–H groups in total. The summed E-state index contributed by atoms with van der Waals surface area (Å²) < 4.78 is 0. The number of unbranched alkanes of at least 4 members (excludes halogenated alkanes) is 1. The minimum atomic E-state index is -0.603. The molecule has 0 aliphatic carbocycles. The van der Waals surface area contributed by atoms with Gasteiger partial charge in [0.2, 0.25) is 0 Å². The summed E-state index contributed by atoms with van der Waals surface area (Å²) in [4.78, 5) is 0. The van der Waals surface area contributed by atoms with E-state index >= 15 is 0 Å². The minimum Gasteiger partial charge on any atom is -0.389 e. The second-order valence-electron chi connectivity index (χ2n) is 4.60. The van der Waals surface area contributed by atoms with Gasteiger partial charge in [-0.25, -0.2) is 0 Å². The van der Waals surface area contributed by atoms with E-state index in [2.05, 4.69) is 20.1 Å². The standard InChI is InChI=1S/C13H24O/c1-6-7-8-13(14,9-11(2)3)10-12(4)5/h14H,2,4,6-10H2,1,3,5H3. The maximum atomic E-state index is 10.4. The first-order valence-corrected chi connectivity index (χ1v) is 5.41. The fourth-order valence-electron chi connectivity index (χ4n) is 1.87. The number of hydrogen-bond acceptors (Lipinski definition) is 1. The molecule has 14 heavy (non-hydrogen) atoms. The zero-order chi connectivity index (χ0) is 11.2. The van der Waals surface area contributed by atoms with Crippen molar-refractivity contribution in [1.29, 1.82) is 0 Å². The zero-order valence-corrected chi connectivity index (χ0v) is 9.90. The SMILES string of the molecule is C=C(C)CC(O)(CCCC)CC(=C)C. The van der Waals surface area contributed by atoms with Gasteiger partial charge in [-0.2, -0.15) is 0 Å². The van der Waals surface area contributed by atoms with E-state index in [4.69, 9.17) is 0 Å². The first kappa shape index (κ1) is 13.4. The fraction of sp³-hybridized carbons (Fsp3) is 0.692. The molecule has 1 nitrogen and oxygen atoms in total. The molecule has 0 aromatic heterocycles. The second kappa shape index (κ2) is 6.02. The van der Waals surface area contributed by atoms with E-state index in [1.807, 2.05) is 13.8 Å². The largest absolute Gasteiger partial charge is 0.389 e. The van der Waals surface area contributed by atoms with Gasteiger partial charge < -0.3 is 5.11 Å². The van der Waals surface area contributed by atoms with Gasteiger partial charge in [-0.05, 0) is 33.1 Å². The van der Waals surface area contributed by atoms with Crippen LogP contribution in [0.2, 0.25) is 0 Å². The molecule has 0 rings (SSSR count). The lowest BCUT2D eigenvalue weighted by atomic mass is 9.85. The third kappa shape index (κ3) is 5.98. The average Bonchev–Trinajstić information content (AvgIpc) is 1.97. The van der Waals surface area contributed by atoms with Crippen molar-refractivity contribution in [3.63, 3.8) is 0 Å². The predicted octanol–water partition coefficient (Wildman–Crippen LogP) is 3.84. The number of aliphatic hydroxyl groups is 1. The van der Waals surface area contributed by atoms with Gasteiger partial charge in [-0.3, -0.25) is 0 Å². The van der Waals surface area contributed by atoms with Crippen LogP contribution in [-0.2, 0) is 0 Å². The molecule has 0 saturated heterocycles. The van der Waals surface area contributed by atoms with E-state index in [0.29, 0.717) is 12.8 Å². The Labute approximate surface area is 88.5 Å². The fourth-order valence-corrected chi connectivity index (χ4v) is 1.87. The summed E-state index contributed by atoms with van der Waals surface area (Å²) in [6.45, 7) is 13.8. The van der Waals surface area contributed by atoms with E-state index in [1.54, 1.807) is 0 Å². The van der Waals surface area contributed by atoms with Crippen LogP contribution in [0.15, 0.2) is 24.3 Å². The highest BCUT2D eigenvalue weighted by molar-refractivity contribution is 5.04. The van der Waals surface area contributed by atoms with Crippen LogP contribution in [-0.4, -0.2) is 10.7 Å². The highest BCUT2D eigenvalue weighted by Crippen LogP contribution is 2.28. The summed E-state index contributed by atoms with van der Waals surface area (Å²) in [5.74, 6) is 0. The van der Waals surface area contributed by atoms with Gasteiger partial charge in [0.05, 0.1) is 5.60 Å². The van der Waals surface area contributed by atoms with Crippen LogP contribution >= 0.6 is 0 Å². The monoisotopic (exact) mass is 196 g/mol. The van der Waals surface area contributed by atoms with Crippen molar-refractivity contribution in [2.75, 3.05) is 0 Å². The summed E-state index contributed by atoms with van der Waals surface area (Å²) in [6, 6.07) is 0. The molecular formula is C13H24O. The number of rotatable bonds is 7. The van der Waals surface area contributed by atoms with Crippen LogP contribution in [0, 0.1) is 0 Å². The molecule has 0 aliphatic rings. The molecule has 0 fully saturated rings. The molecule has 0 unspecified atom stereocenters. The van der Waals surface area contributed by atoms with Crippen LogP contribution in [0.1, 0.15) is 52.9 Å². The van der Waals surface area contributed by atoms with Gasteiger partial charge in [0.15, 0.2) is 0 Å². The Morgan fingerprint density at radius 1 is 1.14 bits per heavy atom. The Bertz CT molecular complexity index is 187. The van der Waals surface area contributed by atoms with Gasteiger partial charge in [0.25, 0.3) is 0 Å². The Balaban J connectivity index is 4.31. The molecule has 0 aromatic carbocycles. The van der Waals surface area contributed by atoms with Crippen LogP contribution < -0.4 is 0 Å². The second-order valence-corrected chi connectivity index (χ2v) is 4.60. The van der Waals surface area contributed by atoms with Crippen LogP contribution in [0.25, 0.3) is 0 Å². The maximum absolute atomic E-state index is 10.4. The first-order chi connectivity index (χ1) is 6.39. The molecule has 0 atom stereocenters. The Morgan fingerprint density at radius 3 is 1.86 bits per heavy atom. The molecule has 0 aliphatic heterocycles. The Morgan fingerprint density at radius 2 is 1.57 bits per heavy atom. The first-order valence-electron chi connectivity index (χ1n) is 5.41. The summed E-state index contributed by atoms with van der Waals surface area (Å²) >= 11 is 0. The highest BCUT2D eigenvalue weighted by Gasteiger charge is 2.25. The van der Waals surface area contributed by atoms with Crippen LogP contribution in [0.5, 0.6) is 0 Å². The van der Waals surface area contributed by atoms with Crippen LogP contribution in [0.4, 0.5) is 0 Å². The van der Waals surface area contributed by atoms with Crippen molar-refractivity contribution in [3.8, 4) is 0 Å². The molecule has 0 radical (unpaired) electrons. The van der Waals surface area contributed by atoms with E-state index in [9.17, 15) is 5.11 Å². The lowest BCUT2D eigenvalue weighted by molar-refractivity contribution is 0.0301. The normalized spacial score (nSPS) is 11.4. The third-order valence-corrected chi connectivity index (χ3v) is 2.26. The number of hydrogen-bond donors (Lipinski definition) is 1. The van der Waals surface area contributed by atoms with Gasteiger partial charge in [-0.1, -0.05) is 30.9 Å². The van der Waals surface area contributed by atoms with E-state index < -0.39 is 5.60 Å². The van der Waals surface area contributed by atoms with Gasteiger partial charge >= 0.3 is 0 Å². The molecule has 0 amide bonds. The minimum absolute atomic E-state index is 0.603. The molecule has 0 bridgehead atoms. The Hall–Kier alpha value is -0.560. The molecule has 82 valence electrons. The van der Waals surface area contributed by atoms with Crippen molar-refractivity contribution >= 4 is 0 Å². The quantitative estimate of drug-likeness (QED) is 0.613. The molecular weight excluding hydrogens is 172 g/mol. The summed E-state index contributed by atoms with van der Waals surface area (Å²) in [6.07, 6.45) is 4.43. The van der Waals surface area contributed by atoms with Crippen molar-refractivity contribution in [3.05, 3.63) is 24.3 Å². The molecule has 0 heterocycles. The van der Waals surface area contributed by atoms with E-state index in [-0.39, 0.29) is 0 Å². The molecule has 0 aromatic rings. The topological polar surface area (TPSA) is 20.2 Å². The summed E-state index contributed by atoms with van der Waals surface area (Å²) in [5.41, 5.74) is 1.49. The van der Waals surface area contributed by atoms with Gasteiger partial charge in [-0.15, -0.1) is 13.2 Å². The van der Waals surface area contributed by atoms with E-state index in [1.165, 1.54) is 0 Å². The highest BCUT2D eigenvalue weighted by atomic mass is 16.3. The third-order valence-electron chi connectivity index (χ3n) is 2.26. The Kier molecular flexibility index (Phi) is 5.78. The smallest absolute Gasteiger partial charge is 0.0721 e. The average molecular weight is 196 g/mol. The molecule has 1 heteroatoms. The predicted molar refractivity (Wildman–Crippen MR) is 63.3 cm³/mol.